The van der Waals surface area contributed by atoms with Crippen molar-refractivity contribution >= 4 is 22.5 Å². The van der Waals surface area contributed by atoms with Gasteiger partial charge in [0.15, 0.2) is 0 Å². The number of carbonyl (C=O) groups excluding carboxylic acids is 1. The molecular weight excluding hydrogens is 505 g/mol. The van der Waals surface area contributed by atoms with Crippen LogP contribution in [0.4, 0.5) is 10.1 Å². The monoisotopic (exact) mass is 535 g/mol. The maximum absolute atomic E-state index is 15.7. The van der Waals surface area contributed by atoms with E-state index in [-0.39, 0.29) is 18.6 Å². The van der Waals surface area contributed by atoms with Crippen LogP contribution in [0, 0.1) is 18.8 Å². The van der Waals surface area contributed by atoms with Crippen LogP contribution < -0.4 is 5.32 Å². The van der Waals surface area contributed by atoms with Crippen molar-refractivity contribution in [2.75, 3.05) is 38.1 Å². The Labute approximate surface area is 232 Å². The summed E-state index contributed by atoms with van der Waals surface area (Å²) >= 11 is 0. The average molecular weight is 536 g/mol. The van der Waals surface area contributed by atoms with Crippen molar-refractivity contribution < 1.29 is 14.3 Å². The first-order chi connectivity index (χ1) is 19.5. The van der Waals surface area contributed by atoms with E-state index in [9.17, 15) is 9.90 Å². The van der Waals surface area contributed by atoms with Crippen LogP contribution in [0.2, 0.25) is 0 Å². The molecule has 0 aliphatic carbocycles. The lowest BCUT2D eigenvalue weighted by Gasteiger charge is -2.46. The highest BCUT2D eigenvalue weighted by atomic mass is 19.1. The zero-order valence-corrected chi connectivity index (χ0v) is 22.3. The fraction of sp³-hybridized carbons (Fsp3) is 0.281. The number of halogens is 1. The molecule has 3 heterocycles. The van der Waals surface area contributed by atoms with E-state index in [2.05, 4.69) is 36.9 Å². The Hall–Kier alpha value is -4.16. The van der Waals surface area contributed by atoms with E-state index in [1.54, 1.807) is 24.4 Å². The van der Waals surface area contributed by atoms with Crippen molar-refractivity contribution in [1.29, 1.82) is 0 Å². The van der Waals surface area contributed by atoms with Gasteiger partial charge < -0.3 is 10.4 Å². The molecule has 2 N–H and O–H groups in total. The number of aromatic nitrogens is 2. The number of benzene rings is 3. The number of carbonyl (C=O) groups is 1. The summed E-state index contributed by atoms with van der Waals surface area (Å²) < 4.78 is 15.7. The molecule has 0 bridgehead atoms. The van der Waals surface area contributed by atoms with Gasteiger partial charge >= 0.3 is 0 Å². The topological polar surface area (TPSA) is 81.6 Å². The minimum Gasteiger partial charge on any atom is -0.395 e. The Morgan fingerprint density at radius 3 is 2.88 bits per heavy atom. The van der Waals surface area contributed by atoms with E-state index in [1.807, 2.05) is 43.3 Å². The van der Waals surface area contributed by atoms with Crippen molar-refractivity contribution in [3.8, 4) is 11.8 Å². The second kappa shape index (κ2) is 11.1. The Morgan fingerprint density at radius 1 is 1.12 bits per heavy atom. The quantitative estimate of drug-likeness (QED) is 0.383. The molecule has 8 heteroatoms. The molecule has 1 aromatic heterocycles. The third-order valence-electron chi connectivity index (χ3n) is 7.83. The molecule has 6 rings (SSSR count). The largest absolute Gasteiger partial charge is 0.395 e. The van der Waals surface area contributed by atoms with E-state index >= 15 is 4.39 Å². The van der Waals surface area contributed by atoms with Gasteiger partial charge in [-0.2, -0.15) is 0 Å². The van der Waals surface area contributed by atoms with Gasteiger partial charge in [-0.05, 0) is 60.0 Å². The zero-order chi connectivity index (χ0) is 27.6. The maximum atomic E-state index is 15.7. The summed E-state index contributed by atoms with van der Waals surface area (Å²) in [6.45, 7) is 5.45. The predicted molar refractivity (Wildman–Crippen MR) is 153 cm³/mol. The van der Waals surface area contributed by atoms with Gasteiger partial charge in [0.2, 0.25) is 0 Å². The van der Waals surface area contributed by atoms with Crippen LogP contribution in [-0.4, -0.2) is 69.6 Å². The molecule has 0 saturated carbocycles. The second-order valence-corrected chi connectivity index (χ2v) is 10.4. The Bertz CT molecular complexity index is 1640. The minimum atomic E-state index is -1.16. The van der Waals surface area contributed by atoms with Gasteiger partial charge in [0, 0.05) is 66.7 Å². The number of aliphatic hydroxyl groups excluding tert-OH is 1. The number of aliphatic hydroxyl groups is 1. The molecule has 2 aliphatic heterocycles. The number of rotatable bonds is 4. The van der Waals surface area contributed by atoms with Crippen molar-refractivity contribution in [2.45, 2.75) is 25.7 Å². The SMILES string of the molecule is Cc1ccc(C(=O)Nc2ccc3c(c2)C(F)[C@H]2CN(CCO)CCN2C3)cc1C#Cc1cccc2ncncc12. The molecule has 7 nitrogen and oxygen atoms in total. The number of β-amino-alcohol motifs (C(OH)–C–C–N with tert-alkyl or cyclic N) is 1. The van der Waals surface area contributed by atoms with Crippen LogP contribution in [0.5, 0.6) is 0 Å². The summed E-state index contributed by atoms with van der Waals surface area (Å²) in [5, 5.41) is 13.1. The Balaban J connectivity index is 1.21. The highest BCUT2D eigenvalue weighted by Gasteiger charge is 2.38. The van der Waals surface area contributed by atoms with E-state index in [4.69, 9.17) is 0 Å². The molecule has 202 valence electrons. The van der Waals surface area contributed by atoms with Crippen LogP contribution in [0.3, 0.4) is 0 Å². The first kappa shape index (κ1) is 26.1. The standard InChI is InChI=1S/C32H30FN5O2/c1-21-5-6-24(15-23(21)8-7-22-3-2-4-29-28(22)17-34-20-35-29)32(40)36-26-10-9-25-18-38-12-11-37(13-14-39)19-30(38)31(33)27(25)16-26/h2-6,9-10,15-17,20,30-31,39H,11-14,18-19H2,1H3,(H,36,40)/t30-,31?/m1/s1. The average Bonchev–Trinajstić information content (AvgIpc) is 2.97. The van der Waals surface area contributed by atoms with E-state index in [0.717, 1.165) is 46.2 Å². The summed E-state index contributed by atoms with van der Waals surface area (Å²) in [7, 11) is 0. The van der Waals surface area contributed by atoms with Gasteiger partial charge in [-0.15, -0.1) is 0 Å². The van der Waals surface area contributed by atoms with Gasteiger partial charge in [0.25, 0.3) is 5.91 Å². The molecule has 0 spiro atoms. The Kier molecular flexibility index (Phi) is 7.27. The van der Waals surface area contributed by atoms with E-state index in [1.165, 1.54) is 6.33 Å². The molecule has 0 radical (unpaired) electrons. The smallest absolute Gasteiger partial charge is 0.255 e. The van der Waals surface area contributed by atoms with Gasteiger partial charge in [-0.1, -0.05) is 30.0 Å². The minimum absolute atomic E-state index is 0.0703. The number of aryl methyl sites for hydroxylation is 1. The van der Waals surface area contributed by atoms with E-state index in [0.29, 0.717) is 36.4 Å². The first-order valence-electron chi connectivity index (χ1n) is 13.5. The lowest BCUT2D eigenvalue weighted by molar-refractivity contribution is 0.00567. The number of amides is 1. The molecule has 1 fully saturated rings. The summed E-state index contributed by atoms with van der Waals surface area (Å²) in [6, 6.07) is 16.4. The number of alkyl halides is 1. The third kappa shape index (κ3) is 5.19. The van der Waals surface area contributed by atoms with Crippen LogP contribution in [0.1, 0.15) is 44.3 Å². The number of hydrogen-bond acceptors (Lipinski definition) is 6. The van der Waals surface area contributed by atoms with Crippen molar-refractivity contribution in [1.82, 2.24) is 19.8 Å². The molecule has 2 aliphatic rings. The van der Waals surface area contributed by atoms with Crippen molar-refractivity contribution in [3.63, 3.8) is 0 Å². The van der Waals surface area contributed by atoms with Crippen LogP contribution in [0.15, 0.2) is 67.1 Å². The molecular formula is C32H30FN5O2. The lowest BCUT2D eigenvalue weighted by Crippen LogP contribution is -2.56. The highest BCUT2D eigenvalue weighted by Crippen LogP contribution is 2.37. The normalized spacial score (nSPS) is 18.9. The van der Waals surface area contributed by atoms with Crippen LogP contribution in [-0.2, 0) is 6.54 Å². The second-order valence-electron chi connectivity index (χ2n) is 10.4. The molecule has 1 saturated heterocycles. The Morgan fingerprint density at radius 2 is 2.00 bits per heavy atom. The fourth-order valence-electron chi connectivity index (χ4n) is 5.57. The number of fused-ring (bicyclic) bond motifs is 3. The number of anilines is 1. The number of piperazine rings is 1. The number of hydrogen-bond donors (Lipinski definition) is 2. The summed E-state index contributed by atoms with van der Waals surface area (Å²) in [6.07, 6.45) is 2.10. The van der Waals surface area contributed by atoms with Crippen LogP contribution >= 0.6 is 0 Å². The third-order valence-corrected chi connectivity index (χ3v) is 7.83. The molecule has 1 amide bonds. The molecule has 1 unspecified atom stereocenters. The number of nitrogens with one attached hydrogen (secondary N) is 1. The van der Waals surface area contributed by atoms with Gasteiger partial charge in [0.05, 0.1) is 18.2 Å². The summed E-state index contributed by atoms with van der Waals surface area (Å²) in [5.74, 6) is 6.14. The maximum Gasteiger partial charge on any atom is 0.255 e. The number of nitrogens with zero attached hydrogens (tertiary/aromatic N) is 4. The molecule has 3 aromatic carbocycles. The fourth-order valence-corrected chi connectivity index (χ4v) is 5.57. The van der Waals surface area contributed by atoms with Crippen LogP contribution in [0.25, 0.3) is 10.9 Å². The summed E-state index contributed by atoms with van der Waals surface area (Å²) in [4.78, 5) is 25.9. The van der Waals surface area contributed by atoms with Crippen molar-refractivity contribution in [2.24, 2.45) is 0 Å². The predicted octanol–water partition coefficient (Wildman–Crippen LogP) is 4.09. The zero-order valence-electron chi connectivity index (χ0n) is 22.3. The molecule has 40 heavy (non-hydrogen) atoms. The van der Waals surface area contributed by atoms with Crippen molar-refractivity contribution in [3.05, 3.63) is 101 Å². The summed E-state index contributed by atoms with van der Waals surface area (Å²) in [5.41, 5.74) is 5.96. The molecule has 2 atom stereocenters. The first-order valence-corrected chi connectivity index (χ1v) is 13.5. The van der Waals surface area contributed by atoms with Gasteiger partial charge in [0.1, 0.15) is 12.5 Å². The highest BCUT2D eigenvalue weighted by molar-refractivity contribution is 6.04. The van der Waals surface area contributed by atoms with Gasteiger partial charge in [-0.25, -0.2) is 14.4 Å². The lowest BCUT2D eigenvalue weighted by atomic mass is 9.90. The molecule has 4 aromatic rings. The van der Waals surface area contributed by atoms with Gasteiger partial charge in [-0.3, -0.25) is 14.6 Å². The van der Waals surface area contributed by atoms with E-state index < -0.39 is 6.17 Å².